The first-order valence-corrected chi connectivity index (χ1v) is 10.6. The molecule has 0 saturated heterocycles. The number of halogens is 2. The van der Waals surface area contributed by atoms with Gasteiger partial charge < -0.3 is 5.11 Å². The second kappa shape index (κ2) is 6.88. The monoisotopic (exact) mass is 418 g/mol. The first-order chi connectivity index (χ1) is 14.0. The SMILES string of the molecule is CC(O)(c1c(-c2cccc3c2Cc2ccccc2-3)ccc2ccccc12)C(Cl)Cl. The quantitative estimate of drug-likeness (QED) is 0.310. The Balaban J connectivity index is 1.82. The lowest BCUT2D eigenvalue weighted by molar-refractivity contribution is 0.0742. The van der Waals surface area contributed by atoms with Crippen molar-refractivity contribution in [3.05, 3.63) is 95.6 Å². The molecule has 29 heavy (non-hydrogen) atoms. The summed E-state index contributed by atoms with van der Waals surface area (Å²) in [6.45, 7) is 1.70. The van der Waals surface area contributed by atoms with Crippen molar-refractivity contribution in [1.82, 2.24) is 0 Å². The molecule has 144 valence electrons. The van der Waals surface area contributed by atoms with Crippen molar-refractivity contribution < 1.29 is 5.11 Å². The number of rotatable bonds is 3. The van der Waals surface area contributed by atoms with Crippen molar-refractivity contribution in [3.63, 3.8) is 0 Å². The number of fused-ring (bicyclic) bond motifs is 4. The summed E-state index contributed by atoms with van der Waals surface area (Å²) >= 11 is 12.5. The van der Waals surface area contributed by atoms with Gasteiger partial charge in [0.15, 0.2) is 0 Å². The molecule has 1 aliphatic carbocycles. The molecule has 3 heteroatoms. The summed E-state index contributed by atoms with van der Waals surface area (Å²) < 4.78 is 0. The van der Waals surface area contributed by atoms with Gasteiger partial charge in [-0.25, -0.2) is 0 Å². The maximum absolute atomic E-state index is 11.4. The second-order valence-corrected chi connectivity index (χ2v) is 8.92. The van der Waals surface area contributed by atoms with Crippen LogP contribution in [0.3, 0.4) is 0 Å². The van der Waals surface area contributed by atoms with E-state index >= 15 is 0 Å². The molecule has 0 saturated carbocycles. The van der Waals surface area contributed by atoms with E-state index in [9.17, 15) is 5.11 Å². The largest absolute Gasteiger partial charge is 0.383 e. The van der Waals surface area contributed by atoms with Crippen molar-refractivity contribution in [2.75, 3.05) is 0 Å². The molecule has 4 aromatic rings. The lowest BCUT2D eigenvalue weighted by atomic mass is 9.83. The second-order valence-electron chi connectivity index (χ2n) is 7.82. The van der Waals surface area contributed by atoms with Crippen LogP contribution in [0.25, 0.3) is 33.0 Å². The van der Waals surface area contributed by atoms with Crippen LogP contribution >= 0.6 is 23.2 Å². The number of benzene rings is 4. The van der Waals surface area contributed by atoms with Crippen LogP contribution in [0.15, 0.2) is 78.9 Å². The van der Waals surface area contributed by atoms with Gasteiger partial charge >= 0.3 is 0 Å². The number of alkyl halides is 2. The smallest absolute Gasteiger partial charge is 0.140 e. The average Bonchev–Trinajstić information content (AvgIpc) is 3.11. The summed E-state index contributed by atoms with van der Waals surface area (Å²) in [6, 6.07) is 27.2. The average molecular weight is 419 g/mol. The number of hydrogen-bond acceptors (Lipinski definition) is 1. The molecule has 0 spiro atoms. The minimum absolute atomic E-state index is 0.773. The Morgan fingerprint density at radius 2 is 1.41 bits per heavy atom. The van der Waals surface area contributed by atoms with E-state index in [1.807, 2.05) is 24.3 Å². The maximum atomic E-state index is 11.4. The van der Waals surface area contributed by atoms with Gasteiger partial charge in [0.1, 0.15) is 10.4 Å². The molecule has 5 rings (SSSR count). The van der Waals surface area contributed by atoms with E-state index in [-0.39, 0.29) is 0 Å². The van der Waals surface area contributed by atoms with Gasteiger partial charge in [0.2, 0.25) is 0 Å². The van der Waals surface area contributed by atoms with Crippen molar-refractivity contribution in [2.45, 2.75) is 23.8 Å². The molecule has 1 unspecified atom stereocenters. The third-order valence-electron chi connectivity index (χ3n) is 6.00. The Morgan fingerprint density at radius 3 is 2.21 bits per heavy atom. The first-order valence-electron chi connectivity index (χ1n) is 9.72. The lowest BCUT2D eigenvalue weighted by Crippen LogP contribution is -2.30. The van der Waals surface area contributed by atoms with Crippen LogP contribution in [-0.2, 0) is 12.0 Å². The maximum Gasteiger partial charge on any atom is 0.140 e. The third-order valence-corrected chi connectivity index (χ3v) is 6.85. The van der Waals surface area contributed by atoms with E-state index in [2.05, 4.69) is 54.6 Å². The Bertz CT molecular complexity index is 1240. The van der Waals surface area contributed by atoms with E-state index < -0.39 is 10.4 Å². The van der Waals surface area contributed by atoms with Crippen molar-refractivity contribution in [2.24, 2.45) is 0 Å². The lowest BCUT2D eigenvalue weighted by Gasteiger charge is -2.30. The summed E-state index contributed by atoms with van der Waals surface area (Å²) in [5.74, 6) is 0. The standard InChI is InChI=1S/C26H20Cl2O/c1-26(29,25(27)28)24-19-10-5-2-7-16(19)13-14-22(24)21-12-6-11-20-18-9-4-3-8-17(18)15-23(20)21/h2-14,25,29H,15H2,1H3. The van der Waals surface area contributed by atoms with Gasteiger partial charge in [0.05, 0.1) is 0 Å². The van der Waals surface area contributed by atoms with Gasteiger partial charge in [-0.2, -0.15) is 0 Å². The van der Waals surface area contributed by atoms with Crippen LogP contribution < -0.4 is 0 Å². The zero-order chi connectivity index (χ0) is 20.2. The summed E-state index contributed by atoms with van der Waals surface area (Å²) in [6.07, 6.45) is 0.876. The third kappa shape index (κ3) is 2.88. The first kappa shape index (κ1) is 18.7. The van der Waals surface area contributed by atoms with Crippen LogP contribution in [0.2, 0.25) is 0 Å². The van der Waals surface area contributed by atoms with E-state index in [4.69, 9.17) is 23.2 Å². The predicted octanol–water partition coefficient (Wildman–Crippen LogP) is 7.09. The molecule has 1 aliphatic rings. The Morgan fingerprint density at radius 1 is 0.759 bits per heavy atom. The van der Waals surface area contributed by atoms with Crippen molar-refractivity contribution in [1.29, 1.82) is 0 Å². The normalized spacial score (nSPS) is 14.7. The zero-order valence-electron chi connectivity index (χ0n) is 16.0. The molecule has 0 fully saturated rings. The minimum atomic E-state index is -1.40. The van der Waals surface area contributed by atoms with Gasteiger partial charge in [-0.1, -0.05) is 78.9 Å². The topological polar surface area (TPSA) is 20.2 Å². The van der Waals surface area contributed by atoms with Gasteiger partial charge in [0, 0.05) is 5.56 Å². The van der Waals surface area contributed by atoms with Gasteiger partial charge in [-0.3, -0.25) is 0 Å². The fraction of sp³-hybridized carbons (Fsp3) is 0.154. The van der Waals surface area contributed by atoms with Gasteiger partial charge in [0.25, 0.3) is 0 Å². The van der Waals surface area contributed by atoms with Gasteiger partial charge in [-0.15, -0.1) is 23.2 Å². The Labute approximate surface area is 180 Å². The van der Waals surface area contributed by atoms with Crippen LogP contribution in [0, 0.1) is 0 Å². The molecule has 0 radical (unpaired) electrons. The minimum Gasteiger partial charge on any atom is -0.383 e. The highest BCUT2D eigenvalue weighted by Crippen LogP contribution is 2.46. The molecule has 0 aromatic heterocycles. The molecular formula is C26H20Cl2O. The molecule has 1 nitrogen and oxygen atoms in total. The zero-order valence-corrected chi connectivity index (χ0v) is 17.5. The molecular weight excluding hydrogens is 399 g/mol. The fourth-order valence-corrected chi connectivity index (χ4v) is 4.78. The highest BCUT2D eigenvalue weighted by atomic mass is 35.5. The molecule has 1 atom stereocenters. The summed E-state index contributed by atoms with van der Waals surface area (Å²) in [5, 5.41) is 13.4. The van der Waals surface area contributed by atoms with Crippen LogP contribution in [0.4, 0.5) is 0 Å². The summed E-state index contributed by atoms with van der Waals surface area (Å²) in [7, 11) is 0. The summed E-state index contributed by atoms with van der Waals surface area (Å²) in [5.41, 5.74) is 6.62. The fourth-order valence-electron chi connectivity index (χ4n) is 4.56. The molecule has 0 amide bonds. The van der Waals surface area contributed by atoms with E-state index in [1.165, 1.54) is 22.3 Å². The predicted molar refractivity (Wildman–Crippen MR) is 123 cm³/mol. The van der Waals surface area contributed by atoms with Crippen LogP contribution in [0.1, 0.15) is 23.6 Å². The van der Waals surface area contributed by atoms with Crippen molar-refractivity contribution >= 4 is 34.0 Å². The molecule has 0 heterocycles. The van der Waals surface area contributed by atoms with Crippen LogP contribution in [0.5, 0.6) is 0 Å². The molecule has 0 bridgehead atoms. The number of aliphatic hydroxyl groups is 1. The van der Waals surface area contributed by atoms with Gasteiger partial charge in [-0.05, 0) is 57.5 Å². The van der Waals surface area contributed by atoms with E-state index in [0.29, 0.717) is 0 Å². The molecule has 1 N–H and O–H groups in total. The highest BCUT2D eigenvalue weighted by molar-refractivity contribution is 6.45. The number of hydrogen-bond donors (Lipinski definition) is 1. The Kier molecular flexibility index (Phi) is 4.43. The van der Waals surface area contributed by atoms with E-state index in [0.717, 1.165) is 33.9 Å². The van der Waals surface area contributed by atoms with E-state index in [1.54, 1.807) is 6.92 Å². The van der Waals surface area contributed by atoms with Crippen molar-refractivity contribution in [3.8, 4) is 22.3 Å². The molecule has 4 aromatic carbocycles. The highest BCUT2D eigenvalue weighted by Gasteiger charge is 2.36. The summed E-state index contributed by atoms with van der Waals surface area (Å²) in [4.78, 5) is -0.957. The Hall–Kier alpha value is -2.32. The van der Waals surface area contributed by atoms with Crippen LogP contribution in [-0.4, -0.2) is 9.94 Å². The molecule has 0 aliphatic heterocycles.